The molecule has 0 radical (unpaired) electrons. The maximum absolute atomic E-state index is 12.1. The van der Waals surface area contributed by atoms with Crippen molar-refractivity contribution in [3.8, 4) is 0 Å². The molecule has 0 aromatic rings. The van der Waals surface area contributed by atoms with Gasteiger partial charge in [0.05, 0.1) is 0 Å². The van der Waals surface area contributed by atoms with Gasteiger partial charge in [-0.25, -0.2) is 0 Å². The van der Waals surface area contributed by atoms with Gasteiger partial charge in [-0.1, -0.05) is 142 Å². The number of unbranched alkanes of at least 4 members (excludes halogenated alkanes) is 18. The molecule has 0 fully saturated rings. The topological polar surface area (TPSA) is 29.1 Å². The molecule has 0 aromatic heterocycles. The molecule has 2 heteroatoms. The molecule has 0 aliphatic rings. The first-order valence-corrected chi connectivity index (χ1v) is 13.5. The molecule has 0 saturated heterocycles. The minimum Gasteiger partial charge on any atom is -0.359 e. The molecule has 0 saturated carbocycles. The molecular formula is C27H55NO. The Hall–Kier alpha value is -0.530. The highest BCUT2D eigenvalue weighted by Gasteiger charge is 2.16. The first-order chi connectivity index (χ1) is 14.3. The van der Waals surface area contributed by atoms with E-state index in [1.54, 1.807) is 7.05 Å². The molecule has 1 N–H and O–H groups in total. The molecule has 2 nitrogen and oxygen atoms in total. The Kier molecular flexibility index (Phi) is 23.3. The molecular weight excluding hydrogens is 354 g/mol. The Morgan fingerprint density at radius 3 is 1.07 bits per heavy atom. The Bertz CT molecular complexity index is 328. The third-order valence-electron chi connectivity index (χ3n) is 6.43. The van der Waals surface area contributed by atoms with Crippen molar-refractivity contribution in [3.05, 3.63) is 0 Å². The van der Waals surface area contributed by atoms with Crippen molar-refractivity contribution in [2.24, 2.45) is 5.92 Å². The highest BCUT2D eigenvalue weighted by molar-refractivity contribution is 5.78. The quantitative estimate of drug-likeness (QED) is 0.168. The van der Waals surface area contributed by atoms with E-state index >= 15 is 0 Å². The zero-order chi connectivity index (χ0) is 21.4. The maximum Gasteiger partial charge on any atom is 0.222 e. The first kappa shape index (κ1) is 28.5. The van der Waals surface area contributed by atoms with Crippen molar-refractivity contribution in [3.63, 3.8) is 0 Å². The number of hydrogen-bond acceptors (Lipinski definition) is 1. The van der Waals surface area contributed by atoms with Crippen molar-refractivity contribution in [2.75, 3.05) is 7.05 Å². The van der Waals surface area contributed by atoms with Gasteiger partial charge in [0.1, 0.15) is 0 Å². The van der Waals surface area contributed by atoms with Crippen molar-refractivity contribution in [2.45, 2.75) is 155 Å². The van der Waals surface area contributed by atoms with Gasteiger partial charge in [0.15, 0.2) is 0 Å². The molecule has 1 unspecified atom stereocenters. The van der Waals surface area contributed by atoms with Gasteiger partial charge >= 0.3 is 0 Å². The molecule has 0 bridgehead atoms. The number of hydrogen-bond donors (Lipinski definition) is 1. The maximum atomic E-state index is 12.1. The normalized spacial score (nSPS) is 12.2. The van der Waals surface area contributed by atoms with Gasteiger partial charge in [0, 0.05) is 13.0 Å². The zero-order valence-corrected chi connectivity index (χ0v) is 20.5. The van der Waals surface area contributed by atoms with E-state index in [9.17, 15) is 4.79 Å². The Morgan fingerprint density at radius 1 is 0.517 bits per heavy atom. The van der Waals surface area contributed by atoms with Crippen LogP contribution in [0.3, 0.4) is 0 Å². The van der Waals surface area contributed by atoms with Crippen LogP contribution in [0, 0.1) is 5.92 Å². The minimum absolute atomic E-state index is 0.253. The van der Waals surface area contributed by atoms with Crippen LogP contribution in [0.4, 0.5) is 0 Å². The lowest BCUT2D eigenvalue weighted by molar-refractivity contribution is -0.125. The number of amides is 1. The summed E-state index contributed by atoms with van der Waals surface area (Å²) in [4.78, 5) is 12.1. The Labute approximate surface area is 184 Å². The van der Waals surface area contributed by atoms with E-state index < -0.39 is 0 Å². The zero-order valence-electron chi connectivity index (χ0n) is 20.5. The van der Waals surface area contributed by atoms with Gasteiger partial charge in [0.2, 0.25) is 5.91 Å². The van der Waals surface area contributed by atoms with E-state index in [1.165, 1.54) is 128 Å². The summed E-state index contributed by atoms with van der Waals surface area (Å²) >= 11 is 0. The summed E-state index contributed by atoms with van der Waals surface area (Å²) in [5.74, 6) is 0.525. The minimum atomic E-state index is 0.253. The highest BCUT2D eigenvalue weighted by Crippen LogP contribution is 2.20. The molecule has 0 spiro atoms. The average Bonchev–Trinajstić information content (AvgIpc) is 2.74. The van der Waals surface area contributed by atoms with Crippen LogP contribution in [-0.2, 0) is 4.79 Å². The fourth-order valence-corrected chi connectivity index (χ4v) is 4.37. The molecule has 0 heterocycles. The van der Waals surface area contributed by atoms with Crippen LogP contribution in [0.25, 0.3) is 0 Å². The van der Waals surface area contributed by atoms with E-state index in [0.29, 0.717) is 0 Å². The SMILES string of the molecule is CCCCCCCCCCCCCCCCC(CCCCCCCC)C(=O)NC. The lowest BCUT2D eigenvalue weighted by Gasteiger charge is -2.15. The summed E-state index contributed by atoms with van der Waals surface area (Å²) in [5.41, 5.74) is 0. The second-order valence-corrected chi connectivity index (χ2v) is 9.25. The van der Waals surface area contributed by atoms with Gasteiger partial charge in [-0.3, -0.25) is 4.79 Å². The van der Waals surface area contributed by atoms with E-state index in [2.05, 4.69) is 19.2 Å². The smallest absolute Gasteiger partial charge is 0.222 e. The molecule has 1 amide bonds. The van der Waals surface area contributed by atoms with Crippen molar-refractivity contribution < 1.29 is 4.79 Å². The van der Waals surface area contributed by atoms with Crippen molar-refractivity contribution in [1.29, 1.82) is 0 Å². The van der Waals surface area contributed by atoms with E-state index in [4.69, 9.17) is 0 Å². The van der Waals surface area contributed by atoms with Crippen LogP contribution in [0.5, 0.6) is 0 Å². The van der Waals surface area contributed by atoms with E-state index in [-0.39, 0.29) is 11.8 Å². The van der Waals surface area contributed by atoms with Crippen LogP contribution in [0.1, 0.15) is 155 Å². The van der Waals surface area contributed by atoms with Gasteiger partial charge in [-0.05, 0) is 12.8 Å². The molecule has 29 heavy (non-hydrogen) atoms. The first-order valence-electron chi connectivity index (χ1n) is 13.5. The lowest BCUT2D eigenvalue weighted by Crippen LogP contribution is -2.27. The predicted molar refractivity (Wildman–Crippen MR) is 130 cm³/mol. The summed E-state index contributed by atoms with van der Waals surface area (Å²) in [6, 6.07) is 0. The Balaban J connectivity index is 3.50. The largest absolute Gasteiger partial charge is 0.359 e. The standard InChI is InChI=1S/C27H55NO/c1-4-6-8-10-12-13-14-15-16-17-18-19-21-23-25-26(27(29)28-3)24-22-20-11-9-7-5-2/h26H,4-25H2,1-3H3,(H,28,29). The molecule has 0 rings (SSSR count). The fourth-order valence-electron chi connectivity index (χ4n) is 4.37. The molecule has 0 aliphatic heterocycles. The van der Waals surface area contributed by atoms with Crippen molar-refractivity contribution >= 4 is 5.91 Å². The molecule has 1 atom stereocenters. The molecule has 174 valence electrons. The van der Waals surface area contributed by atoms with Gasteiger partial charge in [-0.15, -0.1) is 0 Å². The third-order valence-corrected chi connectivity index (χ3v) is 6.43. The van der Waals surface area contributed by atoms with Gasteiger partial charge in [-0.2, -0.15) is 0 Å². The number of carbonyl (C=O) groups excluding carboxylic acids is 1. The molecule has 0 aliphatic carbocycles. The van der Waals surface area contributed by atoms with Crippen LogP contribution in [0.2, 0.25) is 0 Å². The van der Waals surface area contributed by atoms with Gasteiger partial charge in [0.25, 0.3) is 0 Å². The summed E-state index contributed by atoms with van der Waals surface area (Å²) in [5, 5.41) is 2.89. The van der Waals surface area contributed by atoms with Gasteiger partial charge < -0.3 is 5.32 Å². The molecule has 0 aromatic carbocycles. The van der Waals surface area contributed by atoms with E-state index in [0.717, 1.165) is 12.8 Å². The number of rotatable bonds is 23. The summed E-state index contributed by atoms with van der Waals surface area (Å²) in [6.45, 7) is 4.55. The summed E-state index contributed by atoms with van der Waals surface area (Å²) < 4.78 is 0. The average molecular weight is 410 g/mol. The van der Waals surface area contributed by atoms with Crippen LogP contribution < -0.4 is 5.32 Å². The third kappa shape index (κ3) is 20.5. The second kappa shape index (κ2) is 23.7. The van der Waals surface area contributed by atoms with Crippen LogP contribution >= 0.6 is 0 Å². The predicted octanol–water partition coefficient (Wildman–Crippen LogP) is 8.97. The lowest BCUT2D eigenvalue weighted by atomic mass is 9.93. The Morgan fingerprint density at radius 2 is 0.793 bits per heavy atom. The number of carbonyl (C=O) groups is 1. The van der Waals surface area contributed by atoms with Crippen LogP contribution in [0.15, 0.2) is 0 Å². The van der Waals surface area contributed by atoms with Crippen LogP contribution in [-0.4, -0.2) is 13.0 Å². The van der Waals surface area contributed by atoms with E-state index in [1.807, 2.05) is 0 Å². The van der Waals surface area contributed by atoms with Crippen molar-refractivity contribution in [1.82, 2.24) is 5.32 Å². The number of nitrogens with one attached hydrogen (secondary N) is 1. The second-order valence-electron chi connectivity index (χ2n) is 9.25. The summed E-state index contributed by atoms with van der Waals surface area (Å²) in [7, 11) is 1.79. The highest BCUT2D eigenvalue weighted by atomic mass is 16.1. The summed E-state index contributed by atoms with van der Waals surface area (Å²) in [6.07, 6.45) is 29.6. The monoisotopic (exact) mass is 409 g/mol. The fraction of sp³-hybridized carbons (Fsp3) is 0.963.